The van der Waals surface area contributed by atoms with Gasteiger partial charge in [0.2, 0.25) is 0 Å². The van der Waals surface area contributed by atoms with Crippen LogP contribution in [-0.4, -0.2) is 4.98 Å². The molecule has 1 atom stereocenters. The van der Waals surface area contributed by atoms with Crippen LogP contribution in [0.3, 0.4) is 0 Å². The van der Waals surface area contributed by atoms with Gasteiger partial charge in [0.05, 0.1) is 5.69 Å². The summed E-state index contributed by atoms with van der Waals surface area (Å²) in [6.45, 7) is 5.05. The van der Waals surface area contributed by atoms with Crippen molar-refractivity contribution >= 4 is 22.9 Å². The van der Waals surface area contributed by atoms with E-state index < -0.39 is 0 Å². The maximum absolute atomic E-state index is 5.93. The molecule has 4 heteroatoms. The van der Waals surface area contributed by atoms with Crippen molar-refractivity contribution in [3.05, 3.63) is 75.8 Å². The second kappa shape index (κ2) is 7.26. The average molecular weight is 343 g/mol. The van der Waals surface area contributed by atoms with Crippen molar-refractivity contribution in [1.29, 1.82) is 0 Å². The summed E-state index contributed by atoms with van der Waals surface area (Å²) in [7, 11) is 0. The predicted octanol–water partition coefficient (Wildman–Crippen LogP) is 5.62. The number of nitrogens with zero attached hydrogens (tertiary/aromatic N) is 1. The molecule has 2 nitrogen and oxygen atoms in total. The van der Waals surface area contributed by atoms with Crippen LogP contribution in [0.1, 0.15) is 29.8 Å². The Labute approximate surface area is 146 Å². The molecule has 3 rings (SSSR count). The van der Waals surface area contributed by atoms with Gasteiger partial charge in [-0.1, -0.05) is 53.6 Å². The minimum atomic E-state index is 0.302. The van der Waals surface area contributed by atoms with Crippen LogP contribution in [0.5, 0.6) is 0 Å². The zero-order valence-electron chi connectivity index (χ0n) is 13.2. The molecule has 0 amide bonds. The third-order valence-electron chi connectivity index (χ3n) is 3.81. The molecule has 118 valence electrons. The van der Waals surface area contributed by atoms with Gasteiger partial charge in [-0.3, -0.25) is 0 Å². The molecule has 0 aliphatic carbocycles. The summed E-state index contributed by atoms with van der Waals surface area (Å²) < 4.78 is 0. The minimum absolute atomic E-state index is 0.302. The molecular formula is C19H19ClN2S. The number of thiazole rings is 1. The molecule has 0 fully saturated rings. The Morgan fingerprint density at radius 2 is 1.78 bits per heavy atom. The Kier molecular flexibility index (Phi) is 5.11. The highest BCUT2D eigenvalue weighted by atomic mass is 35.5. The van der Waals surface area contributed by atoms with Crippen LogP contribution in [0.15, 0.2) is 53.9 Å². The number of aromatic nitrogens is 1. The van der Waals surface area contributed by atoms with Gasteiger partial charge in [-0.05, 0) is 31.5 Å². The zero-order chi connectivity index (χ0) is 16.2. The summed E-state index contributed by atoms with van der Waals surface area (Å²) in [5, 5.41) is 7.42. The van der Waals surface area contributed by atoms with Crippen LogP contribution >= 0.6 is 22.9 Å². The lowest BCUT2D eigenvalue weighted by atomic mass is 10.1. The Bertz CT molecular complexity index is 763. The van der Waals surface area contributed by atoms with Gasteiger partial charge >= 0.3 is 0 Å². The van der Waals surface area contributed by atoms with Crippen LogP contribution in [0.2, 0.25) is 5.02 Å². The van der Waals surface area contributed by atoms with Gasteiger partial charge in [0.15, 0.2) is 0 Å². The number of hydrogen-bond donors (Lipinski definition) is 1. The number of nitrogens with one attached hydrogen (secondary N) is 1. The van der Waals surface area contributed by atoms with E-state index in [9.17, 15) is 0 Å². The third kappa shape index (κ3) is 4.20. The van der Waals surface area contributed by atoms with Crippen LogP contribution in [0, 0.1) is 6.92 Å². The second-order valence-corrected chi connectivity index (χ2v) is 6.96. The summed E-state index contributed by atoms with van der Waals surface area (Å²) >= 11 is 7.59. The van der Waals surface area contributed by atoms with E-state index in [1.54, 1.807) is 11.3 Å². The van der Waals surface area contributed by atoms with Crippen molar-refractivity contribution in [2.24, 2.45) is 0 Å². The van der Waals surface area contributed by atoms with E-state index in [0.29, 0.717) is 6.04 Å². The van der Waals surface area contributed by atoms with E-state index in [0.717, 1.165) is 27.8 Å². The summed E-state index contributed by atoms with van der Waals surface area (Å²) in [4.78, 5) is 4.70. The molecule has 0 aliphatic heterocycles. The van der Waals surface area contributed by atoms with E-state index in [-0.39, 0.29) is 0 Å². The molecule has 0 saturated heterocycles. The highest BCUT2D eigenvalue weighted by Gasteiger charge is 2.08. The molecule has 1 N–H and O–H groups in total. The second-order valence-electron chi connectivity index (χ2n) is 5.66. The summed E-state index contributed by atoms with van der Waals surface area (Å²) in [6, 6.07) is 16.8. The molecule has 1 heterocycles. The molecule has 0 radical (unpaired) electrons. The highest BCUT2D eigenvalue weighted by Crippen LogP contribution is 2.25. The number of rotatable bonds is 5. The van der Waals surface area contributed by atoms with Crippen molar-refractivity contribution in [1.82, 2.24) is 10.3 Å². The van der Waals surface area contributed by atoms with E-state index in [2.05, 4.69) is 48.8 Å². The topological polar surface area (TPSA) is 24.9 Å². The Hall–Kier alpha value is -1.68. The molecule has 1 aromatic heterocycles. The molecule has 3 aromatic rings. The first-order valence-electron chi connectivity index (χ1n) is 7.62. The fourth-order valence-electron chi connectivity index (χ4n) is 2.34. The smallest absolute Gasteiger partial charge is 0.123 e. The maximum atomic E-state index is 5.93. The average Bonchev–Trinajstić information content (AvgIpc) is 3.03. The molecule has 1 unspecified atom stereocenters. The van der Waals surface area contributed by atoms with Crippen molar-refractivity contribution in [2.45, 2.75) is 26.4 Å². The molecule has 0 aliphatic rings. The van der Waals surface area contributed by atoms with Gasteiger partial charge in [0.1, 0.15) is 5.01 Å². The first-order chi connectivity index (χ1) is 11.1. The van der Waals surface area contributed by atoms with Crippen molar-refractivity contribution in [3.8, 4) is 10.6 Å². The fourth-order valence-corrected chi connectivity index (χ4v) is 3.30. The van der Waals surface area contributed by atoms with Crippen LogP contribution < -0.4 is 5.32 Å². The lowest BCUT2D eigenvalue weighted by Gasteiger charge is -2.13. The summed E-state index contributed by atoms with van der Waals surface area (Å²) in [5.41, 5.74) is 4.76. The van der Waals surface area contributed by atoms with Crippen LogP contribution in [-0.2, 0) is 6.54 Å². The van der Waals surface area contributed by atoms with Gasteiger partial charge in [0.25, 0.3) is 0 Å². The van der Waals surface area contributed by atoms with Gasteiger partial charge in [0, 0.05) is 28.6 Å². The SMILES string of the molecule is Cc1ccc(C(C)NCc2csc(-c3ccc(Cl)cc3)n2)cc1. The van der Waals surface area contributed by atoms with Crippen molar-refractivity contribution in [2.75, 3.05) is 0 Å². The number of hydrogen-bond acceptors (Lipinski definition) is 3. The molecule has 0 saturated carbocycles. The van der Waals surface area contributed by atoms with E-state index in [1.165, 1.54) is 11.1 Å². The number of benzene rings is 2. The molecule has 23 heavy (non-hydrogen) atoms. The molecule has 2 aromatic carbocycles. The summed E-state index contributed by atoms with van der Waals surface area (Å²) in [6.07, 6.45) is 0. The lowest BCUT2D eigenvalue weighted by Crippen LogP contribution is -2.18. The van der Waals surface area contributed by atoms with Gasteiger partial charge in [-0.15, -0.1) is 11.3 Å². The Balaban J connectivity index is 1.63. The Morgan fingerprint density at radius 3 is 2.48 bits per heavy atom. The Morgan fingerprint density at radius 1 is 1.09 bits per heavy atom. The number of halogens is 1. The monoisotopic (exact) mass is 342 g/mol. The van der Waals surface area contributed by atoms with Gasteiger partial charge < -0.3 is 5.32 Å². The summed E-state index contributed by atoms with van der Waals surface area (Å²) in [5.74, 6) is 0. The van der Waals surface area contributed by atoms with Crippen LogP contribution in [0.4, 0.5) is 0 Å². The quantitative estimate of drug-likeness (QED) is 0.650. The van der Waals surface area contributed by atoms with E-state index >= 15 is 0 Å². The molecular weight excluding hydrogens is 324 g/mol. The lowest BCUT2D eigenvalue weighted by molar-refractivity contribution is 0.569. The van der Waals surface area contributed by atoms with Crippen LogP contribution in [0.25, 0.3) is 10.6 Å². The van der Waals surface area contributed by atoms with E-state index in [1.807, 2.05) is 24.3 Å². The van der Waals surface area contributed by atoms with Gasteiger partial charge in [-0.25, -0.2) is 4.98 Å². The van der Waals surface area contributed by atoms with Crippen molar-refractivity contribution in [3.63, 3.8) is 0 Å². The molecule has 0 spiro atoms. The maximum Gasteiger partial charge on any atom is 0.123 e. The first kappa shape index (κ1) is 16.2. The van der Waals surface area contributed by atoms with E-state index in [4.69, 9.17) is 16.6 Å². The number of aryl methyl sites for hydroxylation is 1. The first-order valence-corrected chi connectivity index (χ1v) is 8.88. The fraction of sp³-hybridized carbons (Fsp3) is 0.211. The standard InChI is InChI=1S/C19H19ClN2S/c1-13-3-5-15(6-4-13)14(2)21-11-18-12-23-19(22-18)16-7-9-17(20)10-8-16/h3-10,12,14,21H,11H2,1-2H3. The molecule has 0 bridgehead atoms. The third-order valence-corrected chi connectivity index (χ3v) is 5.00. The van der Waals surface area contributed by atoms with Gasteiger partial charge in [-0.2, -0.15) is 0 Å². The minimum Gasteiger partial charge on any atom is -0.305 e. The highest BCUT2D eigenvalue weighted by molar-refractivity contribution is 7.13. The zero-order valence-corrected chi connectivity index (χ0v) is 14.8. The van der Waals surface area contributed by atoms with Crippen molar-refractivity contribution < 1.29 is 0 Å². The predicted molar refractivity (Wildman–Crippen MR) is 99.0 cm³/mol. The normalized spacial score (nSPS) is 12.3. The largest absolute Gasteiger partial charge is 0.305 e.